The van der Waals surface area contributed by atoms with Crippen molar-refractivity contribution in [1.29, 1.82) is 0 Å². The van der Waals surface area contributed by atoms with Crippen molar-refractivity contribution >= 4 is 16.7 Å². The van der Waals surface area contributed by atoms with Crippen molar-refractivity contribution in [2.45, 2.75) is 6.92 Å². The van der Waals surface area contributed by atoms with E-state index in [1.54, 1.807) is 6.26 Å². The zero-order valence-electron chi connectivity index (χ0n) is 7.15. The van der Waals surface area contributed by atoms with Crippen LogP contribution in [0.2, 0.25) is 0 Å². The van der Waals surface area contributed by atoms with Gasteiger partial charge in [0.05, 0.1) is 6.26 Å². The van der Waals surface area contributed by atoms with Crippen molar-refractivity contribution in [3.63, 3.8) is 0 Å². The number of anilines is 1. The summed E-state index contributed by atoms with van der Waals surface area (Å²) in [4.78, 5) is 4.24. The van der Waals surface area contributed by atoms with E-state index < -0.39 is 0 Å². The average Bonchev–Trinajstić information content (AvgIpc) is 2.70. The molecule has 0 bridgehead atoms. The highest BCUT2D eigenvalue weighted by Crippen LogP contribution is 2.20. The Hall–Kier alpha value is -1.36. The van der Waals surface area contributed by atoms with Gasteiger partial charge in [-0.25, -0.2) is 0 Å². The Morgan fingerprint density at radius 3 is 3.23 bits per heavy atom. The molecule has 2 aromatic rings. The van der Waals surface area contributed by atoms with Crippen LogP contribution in [0.1, 0.15) is 6.92 Å². The summed E-state index contributed by atoms with van der Waals surface area (Å²) in [6.07, 6.45) is 1.61. The summed E-state index contributed by atoms with van der Waals surface area (Å²) in [5, 5.41) is 3.92. The highest BCUT2D eigenvalue weighted by atomic mass is 32.1. The number of nitrogens with zero attached hydrogens (tertiary/aromatic N) is 2. The van der Waals surface area contributed by atoms with Crippen molar-refractivity contribution in [2.24, 2.45) is 0 Å². The molecule has 13 heavy (non-hydrogen) atoms. The number of hydrogen-bond acceptors (Lipinski definition) is 5. The summed E-state index contributed by atoms with van der Waals surface area (Å²) in [6.45, 7) is 2.88. The topological polar surface area (TPSA) is 51.0 Å². The van der Waals surface area contributed by atoms with Crippen LogP contribution in [0.25, 0.3) is 11.6 Å². The van der Waals surface area contributed by atoms with E-state index in [9.17, 15) is 0 Å². The fraction of sp³-hybridized carbons (Fsp3) is 0.250. The quantitative estimate of drug-likeness (QED) is 0.816. The van der Waals surface area contributed by atoms with Gasteiger partial charge < -0.3 is 9.73 Å². The maximum absolute atomic E-state index is 5.16. The van der Waals surface area contributed by atoms with Crippen LogP contribution in [0.15, 0.2) is 22.8 Å². The maximum Gasteiger partial charge on any atom is 0.210 e. The van der Waals surface area contributed by atoms with Gasteiger partial charge in [0, 0.05) is 18.1 Å². The predicted molar refractivity (Wildman–Crippen MR) is 51.8 cm³/mol. The Morgan fingerprint density at radius 1 is 1.62 bits per heavy atom. The Kier molecular flexibility index (Phi) is 2.27. The van der Waals surface area contributed by atoms with Gasteiger partial charge in [0.1, 0.15) is 0 Å². The van der Waals surface area contributed by atoms with Gasteiger partial charge in [-0.3, -0.25) is 0 Å². The molecular weight excluding hydrogens is 186 g/mol. The van der Waals surface area contributed by atoms with Crippen molar-refractivity contribution in [2.75, 3.05) is 11.9 Å². The van der Waals surface area contributed by atoms with Gasteiger partial charge >= 0.3 is 0 Å². The molecule has 5 heteroatoms. The van der Waals surface area contributed by atoms with Crippen LogP contribution in [0, 0.1) is 0 Å². The van der Waals surface area contributed by atoms with E-state index >= 15 is 0 Å². The van der Waals surface area contributed by atoms with Gasteiger partial charge in [0.15, 0.2) is 5.76 Å². The van der Waals surface area contributed by atoms with Crippen LogP contribution in [-0.4, -0.2) is 15.9 Å². The Labute approximate surface area is 79.8 Å². The van der Waals surface area contributed by atoms with Gasteiger partial charge in [-0.1, -0.05) is 0 Å². The third kappa shape index (κ3) is 1.70. The molecule has 0 radical (unpaired) electrons. The van der Waals surface area contributed by atoms with Crippen LogP contribution >= 0.6 is 11.5 Å². The summed E-state index contributed by atoms with van der Waals surface area (Å²) in [7, 11) is 0. The third-order valence-corrected chi connectivity index (χ3v) is 2.17. The molecule has 4 nitrogen and oxygen atoms in total. The fourth-order valence-corrected chi connectivity index (χ4v) is 1.59. The van der Waals surface area contributed by atoms with E-state index in [1.165, 1.54) is 11.5 Å². The van der Waals surface area contributed by atoms with Crippen LogP contribution in [-0.2, 0) is 0 Å². The zero-order valence-corrected chi connectivity index (χ0v) is 7.97. The lowest BCUT2D eigenvalue weighted by atomic mass is 10.4. The molecule has 0 saturated heterocycles. The molecule has 1 N–H and O–H groups in total. The summed E-state index contributed by atoms with van der Waals surface area (Å²) in [5.74, 6) is 1.35. The lowest BCUT2D eigenvalue weighted by molar-refractivity contribution is 0.578. The van der Waals surface area contributed by atoms with Gasteiger partial charge in [-0.15, -0.1) is 0 Å². The first-order valence-corrected chi connectivity index (χ1v) is 4.79. The van der Waals surface area contributed by atoms with Crippen molar-refractivity contribution in [3.05, 3.63) is 18.4 Å². The molecule has 0 aliphatic rings. The lowest BCUT2D eigenvalue weighted by Gasteiger charge is -1.91. The highest BCUT2D eigenvalue weighted by molar-refractivity contribution is 7.09. The molecule has 0 amide bonds. The minimum Gasteiger partial charge on any atom is -0.461 e. The van der Waals surface area contributed by atoms with E-state index in [2.05, 4.69) is 14.7 Å². The monoisotopic (exact) mass is 195 g/mol. The predicted octanol–water partition coefficient (Wildman–Crippen LogP) is 2.23. The molecule has 0 aromatic carbocycles. The molecule has 0 spiro atoms. The molecule has 0 atom stereocenters. The molecule has 68 valence electrons. The summed E-state index contributed by atoms with van der Waals surface area (Å²) < 4.78 is 9.32. The number of aromatic nitrogens is 2. The largest absolute Gasteiger partial charge is 0.461 e. The number of rotatable bonds is 3. The third-order valence-electron chi connectivity index (χ3n) is 1.50. The first kappa shape index (κ1) is 8.25. The second-order valence-electron chi connectivity index (χ2n) is 2.43. The summed E-state index contributed by atoms with van der Waals surface area (Å²) >= 11 is 1.34. The van der Waals surface area contributed by atoms with Crippen LogP contribution < -0.4 is 5.32 Å². The molecule has 0 unspecified atom stereocenters. The second-order valence-corrected chi connectivity index (χ2v) is 3.18. The second kappa shape index (κ2) is 3.57. The van der Waals surface area contributed by atoms with E-state index in [4.69, 9.17) is 4.42 Å². The molecule has 0 fully saturated rings. The van der Waals surface area contributed by atoms with Gasteiger partial charge in [0.25, 0.3) is 0 Å². The van der Waals surface area contributed by atoms with Crippen LogP contribution in [0.3, 0.4) is 0 Å². The molecular formula is C8H9N3OS. The first-order valence-electron chi connectivity index (χ1n) is 4.01. The Bertz CT molecular complexity index is 368. The minimum absolute atomic E-state index is 0.644. The molecule has 0 saturated carbocycles. The van der Waals surface area contributed by atoms with Gasteiger partial charge in [-0.2, -0.15) is 9.36 Å². The highest BCUT2D eigenvalue weighted by Gasteiger charge is 2.07. The summed E-state index contributed by atoms with van der Waals surface area (Å²) in [6, 6.07) is 3.67. The molecule has 2 heterocycles. The van der Waals surface area contributed by atoms with E-state index in [-0.39, 0.29) is 0 Å². The normalized spacial score (nSPS) is 10.2. The van der Waals surface area contributed by atoms with E-state index in [1.807, 2.05) is 19.1 Å². The van der Waals surface area contributed by atoms with E-state index in [0.29, 0.717) is 11.6 Å². The van der Waals surface area contributed by atoms with Gasteiger partial charge in [-0.05, 0) is 19.1 Å². The van der Waals surface area contributed by atoms with E-state index in [0.717, 1.165) is 11.7 Å². The van der Waals surface area contributed by atoms with Crippen molar-refractivity contribution in [3.8, 4) is 11.6 Å². The molecule has 0 aliphatic heterocycles. The van der Waals surface area contributed by atoms with Crippen LogP contribution in [0.5, 0.6) is 0 Å². The smallest absolute Gasteiger partial charge is 0.210 e. The van der Waals surface area contributed by atoms with Gasteiger partial charge in [0.2, 0.25) is 11.0 Å². The number of hydrogen-bond donors (Lipinski definition) is 1. The SMILES string of the molecule is CCNc1nc(-c2ccco2)ns1. The Morgan fingerprint density at radius 2 is 2.54 bits per heavy atom. The van der Waals surface area contributed by atoms with Crippen LogP contribution in [0.4, 0.5) is 5.13 Å². The standard InChI is InChI=1S/C8H9N3OS/c1-2-9-8-10-7(11-13-8)6-4-3-5-12-6/h3-5H,2H2,1H3,(H,9,10,11). The Balaban J connectivity index is 2.23. The minimum atomic E-state index is 0.644. The maximum atomic E-state index is 5.16. The molecule has 2 aromatic heterocycles. The number of furan rings is 1. The number of nitrogens with one attached hydrogen (secondary N) is 1. The van der Waals surface area contributed by atoms with Crippen molar-refractivity contribution in [1.82, 2.24) is 9.36 Å². The molecule has 2 rings (SSSR count). The zero-order chi connectivity index (χ0) is 9.10. The lowest BCUT2D eigenvalue weighted by Crippen LogP contribution is -1.94. The fourth-order valence-electron chi connectivity index (χ4n) is 0.952. The molecule has 0 aliphatic carbocycles. The summed E-state index contributed by atoms with van der Waals surface area (Å²) in [5.41, 5.74) is 0. The first-order chi connectivity index (χ1) is 6.40. The average molecular weight is 195 g/mol. The van der Waals surface area contributed by atoms with Crippen molar-refractivity contribution < 1.29 is 4.42 Å².